The molecule has 1 aromatic rings. The predicted molar refractivity (Wildman–Crippen MR) is 89.5 cm³/mol. The SMILES string of the molecule is CCCCNC(=O)[C@H](C)N[C@H](C)c1ccc2c(c1)NC(=O)CO2. The molecule has 2 amide bonds. The Kier molecular flexibility index (Phi) is 5.98. The summed E-state index contributed by atoms with van der Waals surface area (Å²) in [7, 11) is 0. The zero-order valence-electron chi connectivity index (χ0n) is 13.9. The van der Waals surface area contributed by atoms with Crippen LogP contribution in [-0.4, -0.2) is 31.0 Å². The Morgan fingerprint density at radius 2 is 2.17 bits per heavy atom. The number of benzene rings is 1. The Bertz CT molecular complexity index is 574. The van der Waals surface area contributed by atoms with E-state index < -0.39 is 0 Å². The number of nitrogens with one attached hydrogen (secondary N) is 3. The van der Waals surface area contributed by atoms with Crippen LogP contribution < -0.4 is 20.7 Å². The van der Waals surface area contributed by atoms with Crippen LogP contribution in [0.2, 0.25) is 0 Å². The van der Waals surface area contributed by atoms with E-state index in [2.05, 4.69) is 22.9 Å². The van der Waals surface area contributed by atoms with E-state index in [9.17, 15) is 9.59 Å². The number of amides is 2. The monoisotopic (exact) mass is 319 g/mol. The molecule has 3 N–H and O–H groups in total. The van der Waals surface area contributed by atoms with Gasteiger partial charge in [0, 0.05) is 12.6 Å². The molecule has 6 heteroatoms. The zero-order valence-corrected chi connectivity index (χ0v) is 13.9. The highest BCUT2D eigenvalue weighted by atomic mass is 16.5. The molecule has 0 bridgehead atoms. The third kappa shape index (κ3) is 4.69. The van der Waals surface area contributed by atoms with E-state index in [4.69, 9.17) is 4.74 Å². The van der Waals surface area contributed by atoms with Gasteiger partial charge in [-0.25, -0.2) is 0 Å². The molecule has 1 heterocycles. The maximum absolute atomic E-state index is 12.0. The van der Waals surface area contributed by atoms with Gasteiger partial charge >= 0.3 is 0 Å². The van der Waals surface area contributed by atoms with Crippen molar-refractivity contribution in [3.63, 3.8) is 0 Å². The van der Waals surface area contributed by atoms with Crippen LogP contribution in [0.25, 0.3) is 0 Å². The van der Waals surface area contributed by atoms with Crippen molar-refractivity contribution in [2.24, 2.45) is 0 Å². The summed E-state index contributed by atoms with van der Waals surface area (Å²) >= 11 is 0. The van der Waals surface area contributed by atoms with Gasteiger partial charge in [-0.05, 0) is 38.0 Å². The van der Waals surface area contributed by atoms with Gasteiger partial charge in [0.05, 0.1) is 11.7 Å². The van der Waals surface area contributed by atoms with Crippen molar-refractivity contribution in [3.05, 3.63) is 23.8 Å². The van der Waals surface area contributed by atoms with Gasteiger partial charge in [0.25, 0.3) is 5.91 Å². The summed E-state index contributed by atoms with van der Waals surface area (Å²) < 4.78 is 5.35. The Hall–Kier alpha value is -2.08. The number of unbranched alkanes of at least 4 members (excludes halogenated alkanes) is 1. The first-order valence-electron chi connectivity index (χ1n) is 8.11. The second kappa shape index (κ2) is 7.97. The second-order valence-electron chi connectivity index (χ2n) is 5.85. The third-order valence-corrected chi connectivity index (χ3v) is 3.86. The molecule has 126 valence electrons. The highest BCUT2D eigenvalue weighted by Crippen LogP contribution is 2.30. The molecule has 0 unspecified atom stereocenters. The van der Waals surface area contributed by atoms with Crippen LogP contribution in [0.15, 0.2) is 18.2 Å². The molecule has 23 heavy (non-hydrogen) atoms. The minimum atomic E-state index is -0.288. The van der Waals surface area contributed by atoms with E-state index >= 15 is 0 Å². The van der Waals surface area contributed by atoms with Gasteiger partial charge in [-0.15, -0.1) is 0 Å². The van der Waals surface area contributed by atoms with E-state index in [1.165, 1.54) is 0 Å². The predicted octanol–water partition coefficient (Wildman–Crippen LogP) is 1.97. The Morgan fingerprint density at radius 1 is 1.39 bits per heavy atom. The molecule has 0 fully saturated rings. The minimum absolute atomic E-state index is 0.0000962. The second-order valence-corrected chi connectivity index (χ2v) is 5.85. The number of rotatable bonds is 7. The molecular weight excluding hydrogens is 294 g/mol. The van der Waals surface area contributed by atoms with Crippen LogP contribution >= 0.6 is 0 Å². The highest BCUT2D eigenvalue weighted by molar-refractivity contribution is 5.95. The van der Waals surface area contributed by atoms with Gasteiger partial charge < -0.3 is 15.4 Å². The number of hydrogen-bond acceptors (Lipinski definition) is 4. The van der Waals surface area contributed by atoms with Gasteiger partial charge in [0.15, 0.2) is 6.61 Å². The minimum Gasteiger partial charge on any atom is -0.482 e. The van der Waals surface area contributed by atoms with Gasteiger partial charge in [-0.3, -0.25) is 14.9 Å². The summed E-state index contributed by atoms with van der Waals surface area (Å²) in [6, 6.07) is 5.35. The lowest BCUT2D eigenvalue weighted by Gasteiger charge is -2.23. The molecule has 0 saturated heterocycles. The van der Waals surface area contributed by atoms with E-state index in [1.54, 1.807) is 0 Å². The molecule has 1 aromatic carbocycles. The molecule has 6 nitrogen and oxygen atoms in total. The largest absolute Gasteiger partial charge is 0.482 e. The van der Waals surface area contributed by atoms with Crippen LogP contribution in [0.3, 0.4) is 0 Å². The van der Waals surface area contributed by atoms with Crippen LogP contribution in [-0.2, 0) is 9.59 Å². The molecule has 1 aliphatic heterocycles. The van der Waals surface area contributed by atoms with Gasteiger partial charge in [0.2, 0.25) is 5.91 Å². The van der Waals surface area contributed by atoms with Crippen molar-refractivity contribution >= 4 is 17.5 Å². The van der Waals surface area contributed by atoms with Crippen LogP contribution in [0.4, 0.5) is 5.69 Å². The fourth-order valence-corrected chi connectivity index (χ4v) is 2.46. The summed E-state index contributed by atoms with van der Waals surface area (Å²) in [6.45, 7) is 6.69. The first kappa shape index (κ1) is 17.3. The van der Waals surface area contributed by atoms with Crippen molar-refractivity contribution < 1.29 is 14.3 Å². The number of anilines is 1. The average Bonchev–Trinajstić information content (AvgIpc) is 2.54. The molecule has 2 atom stereocenters. The fourth-order valence-electron chi connectivity index (χ4n) is 2.46. The molecular formula is C17H25N3O3. The van der Waals surface area contributed by atoms with Gasteiger partial charge in [-0.2, -0.15) is 0 Å². The quantitative estimate of drug-likeness (QED) is 0.671. The Morgan fingerprint density at radius 3 is 2.91 bits per heavy atom. The first-order chi connectivity index (χ1) is 11.0. The lowest BCUT2D eigenvalue weighted by atomic mass is 10.1. The normalized spacial score (nSPS) is 15.9. The first-order valence-corrected chi connectivity index (χ1v) is 8.11. The lowest BCUT2D eigenvalue weighted by molar-refractivity contribution is -0.123. The summed E-state index contributed by atoms with van der Waals surface area (Å²) in [5.41, 5.74) is 1.66. The summed E-state index contributed by atoms with van der Waals surface area (Å²) in [4.78, 5) is 23.4. The number of ether oxygens (including phenoxy) is 1. The molecule has 2 rings (SSSR count). The molecule has 1 aliphatic rings. The van der Waals surface area contributed by atoms with Crippen molar-refractivity contribution in [2.45, 2.75) is 45.7 Å². The maximum Gasteiger partial charge on any atom is 0.262 e. The average molecular weight is 319 g/mol. The van der Waals surface area contributed by atoms with Gasteiger partial charge in [0.1, 0.15) is 5.75 Å². The smallest absolute Gasteiger partial charge is 0.262 e. The number of hydrogen-bond donors (Lipinski definition) is 3. The number of carbonyl (C=O) groups is 2. The maximum atomic E-state index is 12.0. The van der Waals surface area contributed by atoms with E-state index in [0.717, 1.165) is 18.4 Å². The van der Waals surface area contributed by atoms with Crippen LogP contribution in [0, 0.1) is 0 Å². The Labute approximate surface area is 137 Å². The van der Waals surface area contributed by atoms with Crippen molar-refractivity contribution in [3.8, 4) is 5.75 Å². The standard InChI is InChI=1S/C17H25N3O3/c1-4-5-8-18-17(22)12(3)19-11(2)13-6-7-15-14(9-13)20-16(21)10-23-15/h6-7,9,11-12,19H,4-5,8,10H2,1-3H3,(H,18,22)(H,20,21)/t11-,12+/m1/s1. The lowest BCUT2D eigenvalue weighted by Crippen LogP contribution is -2.43. The van der Waals surface area contributed by atoms with Crippen LogP contribution in [0.5, 0.6) is 5.75 Å². The molecule has 0 aromatic heterocycles. The third-order valence-electron chi connectivity index (χ3n) is 3.86. The van der Waals surface area contributed by atoms with E-state index in [-0.39, 0.29) is 30.5 Å². The molecule has 0 saturated carbocycles. The topological polar surface area (TPSA) is 79.5 Å². The zero-order chi connectivity index (χ0) is 16.8. The van der Waals surface area contributed by atoms with Crippen molar-refractivity contribution in [1.82, 2.24) is 10.6 Å². The summed E-state index contributed by atoms with van der Waals surface area (Å²) in [5.74, 6) is 0.518. The van der Waals surface area contributed by atoms with Crippen molar-refractivity contribution in [2.75, 3.05) is 18.5 Å². The summed E-state index contributed by atoms with van der Waals surface area (Å²) in [5, 5.41) is 8.99. The molecule has 0 spiro atoms. The van der Waals surface area contributed by atoms with E-state index in [0.29, 0.717) is 18.0 Å². The summed E-state index contributed by atoms with van der Waals surface area (Å²) in [6.07, 6.45) is 2.04. The fraction of sp³-hybridized carbons (Fsp3) is 0.529. The number of fused-ring (bicyclic) bond motifs is 1. The van der Waals surface area contributed by atoms with Gasteiger partial charge in [-0.1, -0.05) is 19.4 Å². The molecule has 0 aliphatic carbocycles. The highest BCUT2D eigenvalue weighted by Gasteiger charge is 2.19. The van der Waals surface area contributed by atoms with Crippen molar-refractivity contribution in [1.29, 1.82) is 0 Å². The molecule has 0 radical (unpaired) electrons. The van der Waals surface area contributed by atoms with Crippen LogP contribution in [0.1, 0.15) is 45.2 Å². The van der Waals surface area contributed by atoms with E-state index in [1.807, 2.05) is 32.0 Å². The Balaban J connectivity index is 1.95. The number of carbonyl (C=O) groups excluding carboxylic acids is 2.